The lowest BCUT2D eigenvalue weighted by Gasteiger charge is -2.09. The number of rotatable bonds is 6. The average molecular weight is 381 g/mol. The zero-order valence-corrected chi connectivity index (χ0v) is 15.1. The molecule has 3 rings (SSSR count). The molecule has 144 valence electrons. The molecule has 0 atom stereocenters. The molecule has 2 aromatic carbocycles. The van der Waals surface area contributed by atoms with Gasteiger partial charge >= 0.3 is 0 Å². The molecule has 0 radical (unpaired) electrons. The molecule has 0 aliphatic carbocycles. The number of benzene rings is 2. The number of nitrogens with zero attached hydrogens (tertiary/aromatic N) is 1. The zero-order chi connectivity index (χ0) is 20.1. The number of phenols is 1. The third-order valence-electron chi connectivity index (χ3n) is 3.94. The van der Waals surface area contributed by atoms with Crippen LogP contribution in [0.5, 0.6) is 5.75 Å². The summed E-state index contributed by atoms with van der Waals surface area (Å²) in [6, 6.07) is 11.5. The van der Waals surface area contributed by atoms with E-state index >= 15 is 0 Å². The summed E-state index contributed by atoms with van der Waals surface area (Å²) in [6.07, 6.45) is 0. The molecule has 28 heavy (non-hydrogen) atoms. The van der Waals surface area contributed by atoms with Gasteiger partial charge in [0.25, 0.3) is 11.8 Å². The van der Waals surface area contributed by atoms with E-state index in [4.69, 9.17) is 0 Å². The van der Waals surface area contributed by atoms with Gasteiger partial charge in [-0.1, -0.05) is 18.2 Å². The number of para-hydroxylation sites is 1. The number of aromatic hydroxyl groups is 1. The van der Waals surface area contributed by atoms with Gasteiger partial charge in [-0.15, -0.1) is 0 Å². The summed E-state index contributed by atoms with van der Waals surface area (Å²) in [5.74, 6) is -1.38. The van der Waals surface area contributed by atoms with Crippen molar-refractivity contribution in [3.63, 3.8) is 0 Å². The SMILES string of the molecule is CC(=O)Nc1ccc(O)c(C(=O)NCCNC(=O)c2n[nH]c3ccccc23)c1. The second kappa shape index (κ2) is 8.21. The lowest BCUT2D eigenvalue weighted by molar-refractivity contribution is -0.114. The van der Waals surface area contributed by atoms with Gasteiger partial charge in [0.15, 0.2) is 5.69 Å². The number of phenolic OH excluding ortho intramolecular Hbond substituents is 1. The molecule has 0 spiro atoms. The Morgan fingerprint density at radius 1 is 1.04 bits per heavy atom. The van der Waals surface area contributed by atoms with E-state index < -0.39 is 5.91 Å². The highest BCUT2D eigenvalue weighted by Gasteiger charge is 2.14. The molecule has 5 N–H and O–H groups in total. The minimum atomic E-state index is -0.524. The minimum Gasteiger partial charge on any atom is -0.507 e. The molecule has 1 aromatic heterocycles. The van der Waals surface area contributed by atoms with E-state index in [1.165, 1.54) is 25.1 Å². The first-order chi connectivity index (χ1) is 13.5. The Morgan fingerprint density at radius 2 is 1.75 bits per heavy atom. The maximum absolute atomic E-state index is 12.2. The third kappa shape index (κ3) is 4.26. The van der Waals surface area contributed by atoms with Gasteiger partial charge in [0, 0.05) is 31.1 Å². The lowest BCUT2D eigenvalue weighted by atomic mass is 10.1. The molecule has 3 aromatic rings. The van der Waals surface area contributed by atoms with Crippen molar-refractivity contribution in [3.05, 3.63) is 53.7 Å². The quantitative estimate of drug-likeness (QED) is 0.325. The summed E-state index contributed by atoms with van der Waals surface area (Å²) in [5.41, 5.74) is 1.46. The first-order valence-electron chi connectivity index (χ1n) is 8.56. The number of hydrogen-bond donors (Lipinski definition) is 5. The van der Waals surface area contributed by atoms with Crippen LogP contribution in [0, 0.1) is 0 Å². The summed E-state index contributed by atoms with van der Waals surface area (Å²) in [6.45, 7) is 1.67. The second-order valence-corrected chi connectivity index (χ2v) is 6.04. The van der Waals surface area contributed by atoms with Crippen LogP contribution in [0.2, 0.25) is 0 Å². The number of nitrogens with one attached hydrogen (secondary N) is 4. The summed E-state index contributed by atoms with van der Waals surface area (Å²) in [4.78, 5) is 35.6. The Labute approximate surface area is 160 Å². The van der Waals surface area contributed by atoms with Gasteiger partial charge in [0.1, 0.15) is 5.75 Å². The normalized spacial score (nSPS) is 10.5. The number of H-pyrrole nitrogens is 1. The van der Waals surface area contributed by atoms with Crippen LogP contribution >= 0.6 is 0 Å². The van der Waals surface area contributed by atoms with Crippen molar-refractivity contribution < 1.29 is 19.5 Å². The Balaban J connectivity index is 1.54. The highest BCUT2D eigenvalue weighted by atomic mass is 16.3. The van der Waals surface area contributed by atoms with Crippen molar-refractivity contribution in [1.82, 2.24) is 20.8 Å². The summed E-state index contributed by atoms with van der Waals surface area (Å²) in [5, 5.41) is 25.2. The molecule has 9 nitrogen and oxygen atoms in total. The first kappa shape index (κ1) is 18.9. The Kier molecular flexibility index (Phi) is 5.54. The van der Waals surface area contributed by atoms with Crippen LogP contribution in [0.25, 0.3) is 10.9 Å². The van der Waals surface area contributed by atoms with Crippen molar-refractivity contribution in [2.75, 3.05) is 18.4 Å². The van der Waals surface area contributed by atoms with Gasteiger partial charge in [-0.25, -0.2) is 0 Å². The number of fused-ring (bicyclic) bond motifs is 1. The fourth-order valence-corrected chi connectivity index (χ4v) is 2.67. The molecule has 0 unspecified atom stereocenters. The van der Waals surface area contributed by atoms with E-state index in [0.717, 1.165) is 5.52 Å². The van der Waals surface area contributed by atoms with Crippen molar-refractivity contribution >= 4 is 34.3 Å². The smallest absolute Gasteiger partial charge is 0.272 e. The molecule has 0 bridgehead atoms. The van der Waals surface area contributed by atoms with Crippen LogP contribution < -0.4 is 16.0 Å². The van der Waals surface area contributed by atoms with Crippen molar-refractivity contribution in [2.45, 2.75) is 6.92 Å². The molecule has 0 aliphatic rings. The van der Waals surface area contributed by atoms with Crippen molar-refractivity contribution in [3.8, 4) is 5.75 Å². The Hall–Kier alpha value is -3.88. The van der Waals surface area contributed by atoms with Gasteiger partial charge in [0.2, 0.25) is 5.91 Å². The van der Waals surface area contributed by atoms with Crippen LogP contribution in [-0.4, -0.2) is 46.1 Å². The predicted molar refractivity (Wildman–Crippen MR) is 103 cm³/mol. The van der Waals surface area contributed by atoms with Crippen LogP contribution in [0.4, 0.5) is 5.69 Å². The zero-order valence-electron chi connectivity index (χ0n) is 15.1. The van der Waals surface area contributed by atoms with Crippen molar-refractivity contribution in [1.29, 1.82) is 0 Å². The van der Waals surface area contributed by atoms with Gasteiger partial charge in [-0.2, -0.15) is 5.10 Å². The number of hydrogen-bond acceptors (Lipinski definition) is 5. The second-order valence-electron chi connectivity index (χ2n) is 6.04. The minimum absolute atomic E-state index is 0.0240. The van der Waals surface area contributed by atoms with Crippen LogP contribution in [0.15, 0.2) is 42.5 Å². The monoisotopic (exact) mass is 381 g/mol. The van der Waals surface area contributed by atoms with E-state index in [1.807, 2.05) is 18.2 Å². The van der Waals surface area contributed by atoms with Gasteiger partial charge in [0.05, 0.1) is 11.1 Å². The number of carbonyl (C=O) groups is 3. The molecule has 9 heteroatoms. The molecule has 1 heterocycles. The van der Waals surface area contributed by atoms with E-state index in [2.05, 4.69) is 26.1 Å². The number of amides is 3. The third-order valence-corrected chi connectivity index (χ3v) is 3.94. The van der Waals surface area contributed by atoms with E-state index in [1.54, 1.807) is 6.07 Å². The largest absolute Gasteiger partial charge is 0.507 e. The average Bonchev–Trinajstić information content (AvgIpc) is 3.10. The van der Waals surface area contributed by atoms with E-state index in [9.17, 15) is 19.5 Å². The first-order valence-corrected chi connectivity index (χ1v) is 8.56. The summed E-state index contributed by atoms with van der Waals surface area (Å²) < 4.78 is 0. The molecule has 0 aliphatic heterocycles. The summed E-state index contributed by atoms with van der Waals surface area (Å²) in [7, 11) is 0. The fourth-order valence-electron chi connectivity index (χ4n) is 2.67. The van der Waals surface area contributed by atoms with Gasteiger partial charge in [-0.3, -0.25) is 19.5 Å². The highest BCUT2D eigenvalue weighted by molar-refractivity contribution is 6.04. The Morgan fingerprint density at radius 3 is 2.50 bits per heavy atom. The lowest BCUT2D eigenvalue weighted by Crippen LogP contribution is -2.35. The van der Waals surface area contributed by atoms with E-state index in [-0.39, 0.29) is 41.9 Å². The number of aromatic nitrogens is 2. The highest BCUT2D eigenvalue weighted by Crippen LogP contribution is 2.21. The molecular weight excluding hydrogens is 362 g/mol. The molecular formula is C19H19N5O4. The van der Waals surface area contributed by atoms with Crippen LogP contribution in [0.3, 0.4) is 0 Å². The summed E-state index contributed by atoms with van der Waals surface area (Å²) >= 11 is 0. The number of carbonyl (C=O) groups excluding carboxylic acids is 3. The molecule has 0 saturated heterocycles. The molecule has 0 fully saturated rings. The Bertz CT molecular complexity index is 1040. The number of aromatic amines is 1. The van der Waals surface area contributed by atoms with Crippen LogP contribution in [-0.2, 0) is 4.79 Å². The van der Waals surface area contributed by atoms with Crippen LogP contribution in [0.1, 0.15) is 27.8 Å². The fraction of sp³-hybridized carbons (Fsp3) is 0.158. The van der Waals surface area contributed by atoms with E-state index in [0.29, 0.717) is 11.1 Å². The van der Waals surface area contributed by atoms with Crippen molar-refractivity contribution in [2.24, 2.45) is 0 Å². The van der Waals surface area contributed by atoms with Gasteiger partial charge in [-0.05, 0) is 24.3 Å². The van der Waals surface area contributed by atoms with Gasteiger partial charge < -0.3 is 21.1 Å². The standard InChI is InChI=1S/C19H19N5O4/c1-11(25)22-12-6-7-16(26)14(10-12)18(27)20-8-9-21-19(28)17-13-4-2-3-5-15(13)23-24-17/h2-7,10,26H,8-9H2,1H3,(H,20,27)(H,21,28)(H,22,25)(H,23,24). The maximum atomic E-state index is 12.2. The molecule has 3 amide bonds. The predicted octanol–water partition coefficient (Wildman–Crippen LogP) is 1.39. The number of anilines is 1. The molecule has 0 saturated carbocycles. The topological polar surface area (TPSA) is 136 Å². The maximum Gasteiger partial charge on any atom is 0.272 e.